The van der Waals surface area contributed by atoms with Crippen LogP contribution in [0, 0.1) is 0 Å². The highest BCUT2D eigenvalue weighted by Crippen LogP contribution is 1.99. The third-order valence-electron chi connectivity index (χ3n) is 1.96. The van der Waals surface area contributed by atoms with Crippen LogP contribution in [-0.2, 0) is 0 Å². The number of benzene rings is 1. The van der Waals surface area contributed by atoms with Gasteiger partial charge in [0.05, 0.1) is 18.0 Å². The van der Waals surface area contributed by atoms with Crippen molar-refractivity contribution in [3.63, 3.8) is 0 Å². The zero-order chi connectivity index (χ0) is 11.2. The van der Waals surface area contributed by atoms with Gasteiger partial charge in [0, 0.05) is 0 Å². The summed E-state index contributed by atoms with van der Waals surface area (Å²) in [6, 6.07) is 11.1. The summed E-state index contributed by atoms with van der Waals surface area (Å²) in [5, 5.41) is 3.83. The molecule has 0 aliphatic heterocycles. The highest BCUT2D eigenvalue weighted by molar-refractivity contribution is 5.94. The van der Waals surface area contributed by atoms with Gasteiger partial charge in [0.2, 0.25) is 0 Å². The molecular weight excluding hydrogens is 204 g/mol. The Morgan fingerprint density at radius 1 is 1.25 bits per heavy atom. The summed E-state index contributed by atoms with van der Waals surface area (Å²) in [4.78, 5) is 11.4. The molecule has 0 saturated heterocycles. The summed E-state index contributed by atoms with van der Waals surface area (Å²) in [5.74, 6) is -0.291. The van der Waals surface area contributed by atoms with Crippen LogP contribution in [0.4, 0.5) is 0 Å². The second kappa shape index (κ2) is 4.93. The number of carbonyl (C=O) groups is 1. The lowest BCUT2D eigenvalue weighted by Gasteiger charge is -1.95. The number of furan rings is 1. The smallest absolute Gasteiger partial charge is 0.274 e. The molecule has 2 aromatic rings. The van der Waals surface area contributed by atoms with Gasteiger partial charge >= 0.3 is 0 Å². The van der Waals surface area contributed by atoms with Crippen LogP contribution in [-0.4, -0.2) is 12.1 Å². The predicted molar refractivity (Wildman–Crippen MR) is 60.2 cm³/mol. The fraction of sp³-hybridized carbons (Fsp3) is 0. The Balaban J connectivity index is 1.93. The normalized spacial score (nSPS) is 10.5. The molecule has 2 rings (SSSR count). The van der Waals surface area contributed by atoms with Crippen molar-refractivity contribution in [1.29, 1.82) is 0 Å². The molecule has 4 nitrogen and oxygen atoms in total. The van der Waals surface area contributed by atoms with Gasteiger partial charge in [-0.05, 0) is 11.6 Å². The van der Waals surface area contributed by atoms with Crippen LogP contribution in [0.3, 0.4) is 0 Å². The molecule has 80 valence electrons. The minimum atomic E-state index is -0.291. The van der Waals surface area contributed by atoms with Crippen molar-refractivity contribution in [2.75, 3.05) is 0 Å². The van der Waals surface area contributed by atoms with Crippen molar-refractivity contribution in [1.82, 2.24) is 5.43 Å². The van der Waals surface area contributed by atoms with Gasteiger partial charge < -0.3 is 4.42 Å². The molecule has 0 aliphatic rings. The number of hydrogen-bond donors (Lipinski definition) is 1. The molecule has 1 N–H and O–H groups in total. The minimum absolute atomic E-state index is 0.291. The number of nitrogens with zero attached hydrogens (tertiary/aromatic N) is 1. The van der Waals surface area contributed by atoms with E-state index in [0.29, 0.717) is 5.56 Å². The summed E-state index contributed by atoms with van der Waals surface area (Å²) < 4.78 is 4.79. The van der Waals surface area contributed by atoms with Gasteiger partial charge in [-0.25, -0.2) is 5.43 Å². The van der Waals surface area contributed by atoms with Crippen molar-refractivity contribution >= 4 is 12.1 Å². The molecule has 1 heterocycles. The van der Waals surface area contributed by atoms with Gasteiger partial charge in [0.15, 0.2) is 0 Å². The van der Waals surface area contributed by atoms with Crippen LogP contribution in [0.1, 0.15) is 15.9 Å². The first-order chi connectivity index (χ1) is 7.86. The molecule has 1 aromatic carbocycles. The molecular formula is C12H10N2O2. The van der Waals surface area contributed by atoms with Gasteiger partial charge in [-0.3, -0.25) is 4.79 Å². The van der Waals surface area contributed by atoms with E-state index in [-0.39, 0.29) is 5.91 Å². The highest BCUT2D eigenvalue weighted by Gasteiger charge is 2.03. The quantitative estimate of drug-likeness (QED) is 0.628. The Morgan fingerprint density at radius 2 is 2.06 bits per heavy atom. The number of carbonyl (C=O) groups excluding carboxylic acids is 1. The van der Waals surface area contributed by atoms with Crippen molar-refractivity contribution in [3.05, 3.63) is 60.1 Å². The van der Waals surface area contributed by atoms with E-state index in [2.05, 4.69) is 10.5 Å². The van der Waals surface area contributed by atoms with Crippen molar-refractivity contribution in [2.24, 2.45) is 5.10 Å². The summed E-state index contributed by atoms with van der Waals surface area (Å²) in [5.41, 5.74) is 3.78. The van der Waals surface area contributed by atoms with E-state index >= 15 is 0 Å². The number of rotatable bonds is 3. The summed E-state index contributed by atoms with van der Waals surface area (Å²) in [6.07, 6.45) is 4.39. The van der Waals surface area contributed by atoms with Gasteiger partial charge in [-0.1, -0.05) is 30.3 Å². The topological polar surface area (TPSA) is 54.6 Å². The second-order valence-corrected chi connectivity index (χ2v) is 3.12. The average molecular weight is 214 g/mol. The Morgan fingerprint density at radius 3 is 2.75 bits per heavy atom. The lowest BCUT2D eigenvalue weighted by atomic mass is 10.2. The van der Waals surface area contributed by atoms with Gasteiger partial charge in [-0.15, -0.1) is 0 Å². The largest absolute Gasteiger partial charge is 0.472 e. The first kappa shape index (κ1) is 10.2. The molecule has 0 fully saturated rings. The van der Waals surface area contributed by atoms with E-state index in [1.54, 1.807) is 12.3 Å². The molecule has 0 atom stereocenters. The van der Waals surface area contributed by atoms with Crippen LogP contribution < -0.4 is 5.43 Å². The molecule has 0 aliphatic carbocycles. The lowest BCUT2D eigenvalue weighted by Crippen LogP contribution is -2.16. The van der Waals surface area contributed by atoms with E-state index in [1.807, 2.05) is 30.3 Å². The van der Waals surface area contributed by atoms with E-state index < -0.39 is 0 Å². The standard InChI is InChI=1S/C12H10N2O2/c15-12(11-6-7-16-9-11)14-13-8-10-4-2-1-3-5-10/h1-9H,(H,14,15)/b13-8+. The maximum Gasteiger partial charge on any atom is 0.274 e. The van der Waals surface area contributed by atoms with E-state index in [4.69, 9.17) is 4.42 Å². The molecule has 1 aromatic heterocycles. The van der Waals surface area contributed by atoms with Crippen molar-refractivity contribution in [3.8, 4) is 0 Å². The first-order valence-electron chi connectivity index (χ1n) is 4.77. The van der Waals surface area contributed by atoms with Crippen LogP contribution in [0.15, 0.2) is 58.4 Å². The molecule has 0 radical (unpaired) electrons. The zero-order valence-electron chi connectivity index (χ0n) is 8.46. The van der Waals surface area contributed by atoms with Gasteiger partial charge in [0.25, 0.3) is 5.91 Å². The number of hydrogen-bond acceptors (Lipinski definition) is 3. The molecule has 0 saturated carbocycles. The number of hydrazone groups is 1. The van der Waals surface area contributed by atoms with Crippen LogP contribution >= 0.6 is 0 Å². The Kier molecular flexibility index (Phi) is 3.13. The molecule has 0 spiro atoms. The molecule has 0 unspecified atom stereocenters. The molecule has 16 heavy (non-hydrogen) atoms. The maximum absolute atomic E-state index is 11.4. The SMILES string of the molecule is O=C(N/N=C/c1ccccc1)c1ccoc1. The van der Waals surface area contributed by atoms with Crippen molar-refractivity contribution < 1.29 is 9.21 Å². The number of amides is 1. The third kappa shape index (κ3) is 2.57. The van der Waals surface area contributed by atoms with Crippen LogP contribution in [0.5, 0.6) is 0 Å². The maximum atomic E-state index is 11.4. The first-order valence-corrected chi connectivity index (χ1v) is 4.77. The Hall–Kier alpha value is -2.36. The van der Waals surface area contributed by atoms with Crippen LogP contribution in [0.2, 0.25) is 0 Å². The highest BCUT2D eigenvalue weighted by atomic mass is 16.3. The molecule has 0 bridgehead atoms. The minimum Gasteiger partial charge on any atom is -0.472 e. The van der Waals surface area contributed by atoms with Crippen molar-refractivity contribution in [2.45, 2.75) is 0 Å². The third-order valence-corrected chi connectivity index (χ3v) is 1.96. The monoisotopic (exact) mass is 214 g/mol. The predicted octanol–water partition coefficient (Wildman–Crippen LogP) is 2.04. The fourth-order valence-electron chi connectivity index (χ4n) is 1.16. The average Bonchev–Trinajstić information content (AvgIpc) is 2.84. The summed E-state index contributed by atoms with van der Waals surface area (Å²) in [7, 11) is 0. The van der Waals surface area contributed by atoms with E-state index in [9.17, 15) is 4.79 Å². The zero-order valence-corrected chi connectivity index (χ0v) is 8.46. The molecule has 4 heteroatoms. The summed E-state index contributed by atoms with van der Waals surface area (Å²) >= 11 is 0. The second-order valence-electron chi connectivity index (χ2n) is 3.12. The fourth-order valence-corrected chi connectivity index (χ4v) is 1.16. The van der Waals surface area contributed by atoms with Gasteiger partial charge in [-0.2, -0.15) is 5.10 Å². The Labute approximate surface area is 92.6 Å². The van der Waals surface area contributed by atoms with E-state index in [1.165, 1.54) is 12.5 Å². The lowest BCUT2D eigenvalue weighted by molar-refractivity contribution is 0.0954. The van der Waals surface area contributed by atoms with Crippen LogP contribution in [0.25, 0.3) is 0 Å². The Bertz CT molecular complexity index is 475. The molecule has 1 amide bonds. The number of nitrogens with one attached hydrogen (secondary N) is 1. The van der Waals surface area contributed by atoms with E-state index in [0.717, 1.165) is 5.56 Å². The summed E-state index contributed by atoms with van der Waals surface area (Å²) in [6.45, 7) is 0. The van der Waals surface area contributed by atoms with Gasteiger partial charge in [0.1, 0.15) is 6.26 Å².